The molecule has 0 bridgehead atoms. The Morgan fingerprint density at radius 1 is 1.18 bits per heavy atom. The number of nitrogens with zero attached hydrogens (tertiary/aromatic N) is 3. The van der Waals surface area contributed by atoms with E-state index in [2.05, 4.69) is 0 Å². The second-order valence-corrected chi connectivity index (χ2v) is 8.39. The van der Waals surface area contributed by atoms with Crippen LogP contribution in [0.25, 0.3) is 0 Å². The maximum absolute atomic E-state index is 14.2. The first-order valence-electron chi connectivity index (χ1n) is 9.85. The first-order chi connectivity index (χ1) is 15.5. The van der Waals surface area contributed by atoms with E-state index in [4.69, 9.17) is 23.2 Å². The average molecular weight is 496 g/mol. The van der Waals surface area contributed by atoms with E-state index in [1.807, 2.05) is 0 Å². The number of carboxylic acids is 1. The zero-order valence-corrected chi connectivity index (χ0v) is 19.2. The number of likely N-dealkylation sites (N-methyl/N-ethyl adjacent to an activating group) is 1. The molecular weight excluding hydrogens is 476 g/mol. The van der Waals surface area contributed by atoms with Crippen LogP contribution in [0, 0.1) is 5.82 Å². The Hall–Kier alpha value is -3.17. The van der Waals surface area contributed by atoms with Crippen LogP contribution in [0.5, 0.6) is 0 Å². The van der Waals surface area contributed by atoms with Crippen LogP contribution in [0.3, 0.4) is 0 Å². The van der Waals surface area contributed by atoms with Crippen molar-refractivity contribution in [2.75, 3.05) is 18.0 Å². The summed E-state index contributed by atoms with van der Waals surface area (Å²) in [5, 5.41) is 9.79. The van der Waals surface area contributed by atoms with Crippen molar-refractivity contribution in [2.24, 2.45) is 0 Å². The van der Waals surface area contributed by atoms with Crippen molar-refractivity contribution in [3.05, 3.63) is 63.4 Å². The summed E-state index contributed by atoms with van der Waals surface area (Å²) in [5.41, 5.74) is -1.04. The monoisotopic (exact) mass is 495 g/mol. The van der Waals surface area contributed by atoms with Gasteiger partial charge in [0.15, 0.2) is 0 Å². The highest BCUT2D eigenvalue weighted by atomic mass is 35.5. The molecule has 1 heterocycles. The molecule has 1 aliphatic rings. The predicted octanol–water partition coefficient (Wildman–Crippen LogP) is 3.88. The highest BCUT2D eigenvalue weighted by Crippen LogP contribution is 2.45. The minimum Gasteiger partial charge on any atom is -0.480 e. The van der Waals surface area contributed by atoms with Crippen LogP contribution >= 0.6 is 23.2 Å². The number of carbonyl (C=O) groups is 4. The van der Waals surface area contributed by atoms with Gasteiger partial charge in [-0.2, -0.15) is 0 Å². The number of benzene rings is 2. The zero-order chi connectivity index (χ0) is 24.5. The number of urea groups is 1. The molecule has 0 spiro atoms. The molecule has 1 aliphatic heterocycles. The molecule has 0 radical (unpaired) electrons. The Labute approximate surface area is 199 Å². The third-order valence-electron chi connectivity index (χ3n) is 5.54. The molecule has 11 heteroatoms. The van der Waals surface area contributed by atoms with Crippen molar-refractivity contribution in [3.8, 4) is 0 Å². The van der Waals surface area contributed by atoms with Crippen LogP contribution in [0.1, 0.15) is 25.0 Å². The van der Waals surface area contributed by atoms with E-state index in [1.165, 1.54) is 37.3 Å². The number of hydrogen-bond donors (Lipinski definition) is 1. The summed E-state index contributed by atoms with van der Waals surface area (Å²) in [6, 6.07) is 7.37. The summed E-state index contributed by atoms with van der Waals surface area (Å²) in [6.07, 6.45) is 0.238. The van der Waals surface area contributed by atoms with Crippen LogP contribution in [0.15, 0.2) is 36.4 Å². The highest BCUT2D eigenvalue weighted by Gasteiger charge is 2.53. The van der Waals surface area contributed by atoms with Crippen molar-refractivity contribution in [1.29, 1.82) is 0 Å². The lowest BCUT2D eigenvalue weighted by Gasteiger charge is -2.38. The van der Waals surface area contributed by atoms with Gasteiger partial charge in [-0.1, -0.05) is 23.2 Å². The second kappa shape index (κ2) is 9.36. The van der Waals surface area contributed by atoms with E-state index >= 15 is 0 Å². The quantitative estimate of drug-likeness (QED) is 0.587. The van der Waals surface area contributed by atoms with Gasteiger partial charge in [-0.3, -0.25) is 24.2 Å². The lowest BCUT2D eigenvalue weighted by Crippen LogP contribution is -2.57. The van der Waals surface area contributed by atoms with E-state index in [1.54, 1.807) is 6.92 Å². The smallest absolute Gasteiger partial charge is 0.327 e. The minimum absolute atomic E-state index is 0.0119. The molecular formula is C22H20Cl2FN3O5. The number of carbonyl (C=O) groups excluding carboxylic acids is 3. The largest absolute Gasteiger partial charge is 0.480 e. The van der Waals surface area contributed by atoms with E-state index < -0.39 is 42.4 Å². The van der Waals surface area contributed by atoms with Gasteiger partial charge in [0.05, 0.1) is 12.2 Å². The van der Waals surface area contributed by atoms with Crippen molar-refractivity contribution in [3.63, 3.8) is 0 Å². The molecule has 0 aliphatic carbocycles. The highest BCUT2D eigenvalue weighted by molar-refractivity contribution is 6.31. The number of hydrogen-bond acceptors (Lipinski definition) is 4. The molecule has 2 aromatic rings. The van der Waals surface area contributed by atoms with E-state index in [0.29, 0.717) is 11.3 Å². The summed E-state index contributed by atoms with van der Waals surface area (Å²) in [4.78, 5) is 52.9. The molecule has 0 saturated carbocycles. The van der Waals surface area contributed by atoms with Crippen LogP contribution in [-0.4, -0.2) is 52.3 Å². The standard InChI is InChI=1S/C22H20Cl2FN3O5/c1-3-28(21(33)26(12-29)10-13-8-14(23)4-6-17(13)25)22(2)16-9-15(24)5-7-18(16)27(20(22)32)11-19(30)31/h4-9,12H,3,10-11H2,1-2H3,(H,30,31)/t22-/m0/s1. The normalized spacial score (nSPS) is 17.0. The van der Waals surface area contributed by atoms with Gasteiger partial charge in [0.1, 0.15) is 17.9 Å². The van der Waals surface area contributed by atoms with Crippen molar-refractivity contribution in [1.82, 2.24) is 9.80 Å². The number of amides is 4. The number of fused-ring (bicyclic) bond motifs is 1. The molecule has 4 amide bonds. The van der Waals surface area contributed by atoms with Crippen LogP contribution in [-0.2, 0) is 26.5 Å². The van der Waals surface area contributed by atoms with Crippen LogP contribution < -0.4 is 4.90 Å². The molecule has 0 aromatic heterocycles. The maximum atomic E-state index is 14.2. The van der Waals surface area contributed by atoms with Gasteiger partial charge in [-0.15, -0.1) is 0 Å². The summed E-state index contributed by atoms with van der Waals surface area (Å²) >= 11 is 12.0. The molecule has 3 rings (SSSR count). The molecule has 8 nitrogen and oxygen atoms in total. The zero-order valence-electron chi connectivity index (χ0n) is 17.7. The van der Waals surface area contributed by atoms with Crippen molar-refractivity contribution in [2.45, 2.75) is 25.9 Å². The third kappa shape index (κ3) is 4.38. The fraction of sp³-hybridized carbons (Fsp3) is 0.273. The first kappa shape index (κ1) is 24.5. The molecule has 2 aromatic carbocycles. The van der Waals surface area contributed by atoms with E-state index in [9.17, 15) is 28.7 Å². The molecule has 174 valence electrons. The SMILES string of the molecule is CCN(C(=O)N(C=O)Cc1cc(Cl)ccc1F)[C@]1(C)C(=O)N(CC(=O)O)c2ccc(Cl)cc21. The van der Waals surface area contributed by atoms with Gasteiger partial charge in [-0.05, 0) is 50.2 Å². The molecule has 33 heavy (non-hydrogen) atoms. The van der Waals surface area contributed by atoms with Gasteiger partial charge in [0, 0.05) is 27.7 Å². The Morgan fingerprint density at radius 2 is 1.82 bits per heavy atom. The van der Waals surface area contributed by atoms with Gasteiger partial charge in [0.25, 0.3) is 5.91 Å². The first-order valence-corrected chi connectivity index (χ1v) is 10.6. The average Bonchev–Trinajstić information content (AvgIpc) is 2.96. The Balaban J connectivity index is 2.04. The second-order valence-electron chi connectivity index (χ2n) is 7.51. The molecule has 0 saturated heterocycles. The van der Waals surface area contributed by atoms with Gasteiger partial charge in [-0.25, -0.2) is 9.18 Å². The fourth-order valence-electron chi connectivity index (χ4n) is 3.97. The topological polar surface area (TPSA) is 98.2 Å². The number of halogens is 3. The van der Waals surface area contributed by atoms with Crippen LogP contribution in [0.4, 0.5) is 14.9 Å². The van der Waals surface area contributed by atoms with E-state index in [-0.39, 0.29) is 28.6 Å². The van der Waals surface area contributed by atoms with E-state index in [0.717, 1.165) is 20.8 Å². The molecule has 1 atom stereocenters. The predicted molar refractivity (Wildman–Crippen MR) is 120 cm³/mol. The minimum atomic E-state index is -1.66. The lowest BCUT2D eigenvalue weighted by molar-refractivity contribution is -0.137. The molecule has 0 unspecified atom stereocenters. The number of aliphatic carboxylic acids is 1. The molecule has 1 N–H and O–H groups in total. The fourth-order valence-corrected chi connectivity index (χ4v) is 4.34. The maximum Gasteiger partial charge on any atom is 0.327 e. The Morgan fingerprint density at radius 3 is 2.42 bits per heavy atom. The van der Waals surface area contributed by atoms with Gasteiger partial charge in [0.2, 0.25) is 6.41 Å². The van der Waals surface area contributed by atoms with Crippen molar-refractivity contribution >= 4 is 53.2 Å². The Kier molecular flexibility index (Phi) is 6.94. The number of rotatable bonds is 7. The lowest BCUT2D eigenvalue weighted by atomic mass is 9.91. The third-order valence-corrected chi connectivity index (χ3v) is 6.01. The summed E-state index contributed by atoms with van der Waals surface area (Å²) in [7, 11) is 0. The van der Waals surface area contributed by atoms with Gasteiger partial charge < -0.3 is 10.0 Å². The van der Waals surface area contributed by atoms with Crippen molar-refractivity contribution < 1.29 is 28.7 Å². The Bertz CT molecular complexity index is 1150. The van der Waals surface area contributed by atoms with Crippen LogP contribution in [0.2, 0.25) is 10.0 Å². The summed E-state index contributed by atoms with van der Waals surface area (Å²) in [5.74, 6) is -2.57. The summed E-state index contributed by atoms with van der Waals surface area (Å²) < 4.78 is 14.2. The van der Waals surface area contributed by atoms with Gasteiger partial charge >= 0.3 is 12.0 Å². The number of carboxylic acid groups (broad SMARTS) is 1. The number of imide groups is 1. The molecule has 0 fully saturated rings. The number of anilines is 1. The summed E-state index contributed by atoms with van der Waals surface area (Å²) in [6.45, 7) is 1.99.